The smallest absolute Gasteiger partial charge is 0.243 e. The van der Waals surface area contributed by atoms with E-state index < -0.39 is 10.0 Å². The minimum Gasteiger partial charge on any atom is -0.378 e. The van der Waals surface area contributed by atoms with Gasteiger partial charge in [-0.1, -0.05) is 24.3 Å². The van der Waals surface area contributed by atoms with Crippen molar-refractivity contribution in [3.8, 4) is 0 Å². The predicted octanol–water partition coefficient (Wildman–Crippen LogP) is 2.96. The summed E-state index contributed by atoms with van der Waals surface area (Å²) < 4.78 is 32.7. The van der Waals surface area contributed by atoms with Crippen LogP contribution in [0, 0.1) is 13.8 Å². The summed E-state index contributed by atoms with van der Waals surface area (Å²) in [6.07, 6.45) is 0. The normalized spacial score (nSPS) is 15.5. The molecule has 0 aliphatic carbocycles. The number of hydrogen-bond donors (Lipinski definition) is 0. The summed E-state index contributed by atoms with van der Waals surface area (Å²) in [4.78, 5) is 2.66. The molecule has 140 valence electrons. The molecule has 0 atom stereocenters. The first-order chi connectivity index (χ1) is 12.4. The number of benzene rings is 2. The third-order valence-electron chi connectivity index (χ3n) is 4.75. The first-order valence-corrected chi connectivity index (χ1v) is 10.3. The molecule has 1 aliphatic heterocycles. The highest BCUT2D eigenvalue weighted by molar-refractivity contribution is 7.89. The highest BCUT2D eigenvalue weighted by atomic mass is 32.2. The highest BCUT2D eigenvalue weighted by Gasteiger charge is 2.23. The van der Waals surface area contributed by atoms with Crippen LogP contribution in [-0.2, 0) is 21.3 Å². The van der Waals surface area contributed by atoms with Crippen LogP contribution in [0.3, 0.4) is 0 Å². The largest absolute Gasteiger partial charge is 0.378 e. The second-order valence-electron chi connectivity index (χ2n) is 6.80. The summed E-state index contributed by atoms with van der Waals surface area (Å²) in [6.45, 7) is 7.36. The maximum atomic E-state index is 12.9. The Kier molecular flexibility index (Phi) is 5.65. The van der Waals surface area contributed by atoms with Crippen molar-refractivity contribution in [3.63, 3.8) is 0 Å². The molecule has 0 radical (unpaired) electrons. The number of morpholine rings is 1. The Morgan fingerprint density at radius 2 is 1.69 bits per heavy atom. The topological polar surface area (TPSA) is 49.9 Å². The Morgan fingerprint density at radius 3 is 2.35 bits per heavy atom. The first kappa shape index (κ1) is 18.9. The summed E-state index contributed by atoms with van der Waals surface area (Å²) in [5, 5.41) is 0. The molecule has 0 unspecified atom stereocenters. The van der Waals surface area contributed by atoms with Gasteiger partial charge in [0.25, 0.3) is 0 Å². The van der Waals surface area contributed by atoms with E-state index in [0.29, 0.717) is 11.4 Å². The molecule has 0 saturated carbocycles. The zero-order valence-corrected chi connectivity index (χ0v) is 16.4. The monoisotopic (exact) mass is 374 g/mol. The van der Waals surface area contributed by atoms with E-state index in [1.54, 1.807) is 13.1 Å². The van der Waals surface area contributed by atoms with E-state index in [0.717, 1.165) is 48.7 Å². The van der Waals surface area contributed by atoms with Gasteiger partial charge in [0, 0.05) is 32.4 Å². The van der Waals surface area contributed by atoms with Crippen LogP contribution in [0.1, 0.15) is 16.7 Å². The molecule has 2 aromatic carbocycles. The van der Waals surface area contributed by atoms with Crippen molar-refractivity contribution in [3.05, 3.63) is 59.2 Å². The second-order valence-corrected chi connectivity index (χ2v) is 8.81. The standard InChI is InChI=1S/C20H26N2O3S/c1-16-4-5-17(2)20(14-16)26(23,24)21(3)15-18-6-8-19(9-7-18)22-10-12-25-13-11-22/h4-9,14H,10-13,15H2,1-3H3. The second kappa shape index (κ2) is 7.78. The van der Waals surface area contributed by atoms with Gasteiger partial charge in [-0.05, 0) is 48.7 Å². The van der Waals surface area contributed by atoms with Gasteiger partial charge in [-0.2, -0.15) is 4.31 Å². The maximum absolute atomic E-state index is 12.9. The number of hydrogen-bond acceptors (Lipinski definition) is 4. The summed E-state index contributed by atoms with van der Waals surface area (Å²) >= 11 is 0. The van der Waals surface area contributed by atoms with Crippen LogP contribution in [0.25, 0.3) is 0 Å². The minimum absolute atomic E-state index is 0.346. The Balaban J connectivity index is 1.74. The summed E-state index contributed by atoms with van der Waals surface area (Å²) in [5.41, 5.74) is 3.83. The van der Waals surface area contributed by atoms with Crippen LogP contribution in [0.5, 0.6) is 0 Å². The molecular formula is C20H26N2O3S. The molecule has 1 heterocycles. The van der Waals surface area contributed by atoms with Gasteiger partial charge >= 0.3 is 0 Å². The van der Waals surface area contributed by atoms with Gasteiger partial charge in [-0.15, -0.1) is 0 Å². The molecule has 0 N–H and O–H groups in total. The van der Waals surface area contributed by atoms with E-state index in [1.165, 1.54) is 4.31 Å². The highest BCUT2D eigenvalue weighted by Crippen LogP contribution is 2.23. The van der Waals surface area contributed by atoms with Crippen LogP contribution in [-0.4, -0.2) is 46.1 Å². The molecule has 1 saturated heterocycles. The maximum Gasteiger partial charge on any atom is 0.243 e. The fourth-order valence-electron chi connectivity index (χ4n) is 3.13. The van der Waals surface area contributed by atoms with Crippen LogP contribution in [0.2, 0.25) is 0 Å². The first-order valence-electron chi connectivity index (χ1n) is 8.83. The quantitative estimate of drug-likeness (QED) is 0.807. The van der Waals surface area contributed by atoms with E-state index in [9.17, 15) is 8.42 Å². The van der Waals surface area contributed by atoms with Gasteiger partial charge in [0.1, 0.15) is 0 Å². The van der Waals surface area contributed by atoms with Crippen LogP contribution < -0.4 is 4.90 Å². The lowest BCUT2D eigenvalue weighted by atomic mass is 10.2. The molecule has 26 heavy (non-hydrogen) atoms. The average Bonchev–Trinajstić information content (AvgIpc) is 2.65. The van der Waals surface area contributed by atoms with E-state index >= 15 is 0 Å². The SMILES string of the molecule is Cc1ccc(C)c(S(=O)(=O)N(C)Cc2ccc(N3CCOCC3)cc2)c1. The lowest BCUT2D eigenvalue weighted by Gasteiger charge is -2.29. The molecule has 5 nitrogen and oxygen atoms in total. The van der Waals surface area contributed by atoms with Crippen molar-refractivity contribution in [2.75, 3.05) is 38.3 Å². The van der Waals surface area contributed by atoms with Gasteiger partial charge in [-0.3, -0.25) is 0 Å². The van der Waals surface area contributed by atoms with E-state index in [1.807, 2.05) is 38.1 Å². The van der Waals surface area contributed by atoms with E-state index in [-0.39, 0.29) is 0 Å². The summed E-state index contributed by atoms with van der Waals surface area (Å²) in [6, 6.07) is 13.6. The van der Waals surface area contributed by atoms with Crippen LogP contribution in [0.15, 0.2) is 47.4 Å². The summed E-state index contributed by atoms with van der Waals surface area (Å²) in [5.74, 6) is 0. The minimum atomic E-state index is -3.51. The Hall–Kier alpha value is -1.89. The molecule has 6 heteroatoms. The van der Waals surface area contributed by atoms with Gasteiger partial charge in [0.15, 0.2) is 0 Å². The molecule has 0 amide bonds. The third kappa shape index (κ3) is 4.09. The number of rotatable bonds is 5. The Labute approximate surface area is 156 Å². The van der Waals surface area contributed by atoms with Gasteiger partial charge in [0.2, 0.25) is 10.0 Å². The zero-order chi connectivity index (χ0) is 18.7. The molecule has 0 bridgehead atoms. The lowest BCUT2D eigenvalue weighted by Crippen LogP contribution is -2.36. The Morgan fingerprint density at radius 1 is 1.04 bits per heavy atom. The lowest BCUT2D eigenvalue weighted by molar-refractivity contribution is 0.122. The number of sulfonamides is 1. The van der Waals surface area contributed by atoms with Crippen LogP contribution >= 0.6 is 0 Å². The fourth-order valence-corrected chi connectivity index (χ4v) is 4.59. The van der Waals surface area contributed by atoms with Gasteiger partial charge in [-0.25, -0.2) is 8.42 Å². The van der Waals surface area contributed by atoms with Crippen molar-refractivity contribution >= 4 is 15.7 Å². The van der Waals surface area contributed by atoms with Crippen molar-refractivity contribution in [2.24, 2.45) is 0 Å². The molecule has 1 aliphatic rings. The molecule has 3 rings (SSSR count). The molecule has 1 fully saturated rings. The average molecular weight is 375 g/mol. The number of ether oxygens (including phenoxy) is 1. The van der Waals surface area contributed by atoms with Gasteiger partial charge < -0.3 is 9.64 Å². The van der Waals surface area contributed by atoms with Gasteiger partial charge in [0.05, 0.1) is 18.1 Å². The Bertz CT molecular complexity index is 857. The van der Waals surface area contributed by atoms with Crippen molar-refractivity contribution in [1.82, 2.24) is 4.31 Å². The fraction of sp³-hybridized carbons (Fsp3) is 0.400. The third-order valence-corrected chi connectivity index (χ3v) is 6.70. The van der Waals surface area contributed by atoms with Crippen LogP contribution in [0.4, 0.5) is 5.69 Å². The predicted molar refractivity (Wildman–Crippen MR) is 104 cm³/mol. The molecule has 0 aromatic heterocycles. The van der Waals surface area contributed by atoms with Crippen molar-refractivity contribution < 1.29 is 13.2 Å². The molecule has 2 aromatic rings. The summed E-state index contributed by atoms with van der Waals surface area (Å²) in [7, 11) is -1.88. The van der Waals surface area contributed by atoms with Crippen molar-refractivity contribution in [1.29, 1.82) is 0 Å². The number of anilines is 1. The number of nitrogens with zero attached hydrogens (tertiary/aromatic N) is 2. The zero-order valence-electron chi connectivity index (χ0n) is 15.6. The molecular weight excluding hydrogens is 348 g/mol. The molecule has 0 spiro atoms. The van der Waals surface area contributed by atoms with Crippen molar-refractivity contribution in [2.45, 2.75) is 25.3 Å². The number of aryl methyl sites for hydroxylation is 2. The van der Waals surface area contributed by atoms with E-state index in [2.05, 4.69) is 17.0 Å². The van der Waals surface area contributed by atoms with E-state index in [4.69, 9.17) is 4.74 Å².